The topological polar surface area (TPSA) is 79.6 Å². The molecule has 2 aromatic carbocycles. The van der Waals surface area contributed by atoms with Crippen LogP contribution in [0.2, 0.25) is 0 Å². The van der Waals surface area contributed by atoms with E-state index in [4.69, 9.17) is 4.74 Å². The van der Waals surface area contributed by atoms with E-state index in [0.717, 1.165) is 60.8 Å². The zero-order valence-corrected chi connectivity index (χ0v) is 19.5. The maximum Gasteiger partial charge on any atom is 0.293 e. The lowest BCUT2D eigenvalue weighted by Gasteiger charge is -2.28. The lowest BCUT2D eigenvalue weighted by molar-refractivity contribution is 0.122. The number of benzene rings is 2. The van der Waals surface area contributed by atoms with Crippen LogP contribution in [0.5, 0.6) is 0 Å². The average Bonchev–Trinajstić information content (AvgIpc) is 2.82. The van der Waals surface area contributed by atoms with Gasteiger partial charge in [0.1, 0.15) is 0 Å². The van der Waals surface area contributed by atoms with Gasteiger partial charge in [-0.25, -0.2) is 4.98 Å². The number of ether oxygens (including phenoxy) is 1. The fraction of sp³-hybridized carbons (Fsp3) is 0.385. The molecule has 1 aromatic heterocycles. The summed E-state index contributed by atoms with van der Waals surface area (Å²) in [4.78, 5) is 19.7. The lowest BCUT2D eigenvalue weighted by atomic mass is 9.93. The number of hydrogen-bond acceptors (Lipinski definition) is 6. The smallest absolute Gasteiger partial charge is 0.293 e. The highest BCUT2D eigenvalue weighted by atomic mass is 16.5. The van der Waals surface area contributed by atoms with Gasteiger partial charge >= 0.3 is 0 Å². The molecule has 1 fully saturated rings. The number of hydrogen-bond donors (Lipinski definition) is 2. The molecule has 33 heavy (non-hydrogen) atoms. The van der Waals surface area contributed by atoms with Crippen molar-refractivity contribution in [3.8, 4) is 11.3 Å². The Labute approximate surface area is 194 Å². The van der Waals surface area contributed by atoms with Gasteiger partial charge in [0.2, 0.25) is 0 Å². The van der Waals surface area contributed by atoms with E-state index >= 15 is 0 Å². The molecule has 4 rings (SSSR count). The number of morpholine rings is 1. The predicted octanol–water partition coefficient (Wildman–Crippen LogP) is 3.72. The zero-order valence-electron chi connectivity index (χ0n) is 19.5. The van der Waals surface area contributed by atoms with Crippen molar-refractivity contribution in [2.24, 2.45) is 13.0 Å². The Morgan fingerprint density at radius 2 is 1.85 bits per heavy atom. The van der Waals surface area contributed by atoms with Crippen LogP contribution < -0.4 is 15.8 Å². The molecule has 7 heteroatoms. The summed E-state index contributed by atoms with van der Waals surface area (Å²) >= 11 is 0. The molecule has 0 spiro atoms. The van der Waals surface area contributed by atoms with Gasteiger partial charge in [0.25, 0.3) is 5.56 Å². The number of aryl methyl sites for hydroxylation is 1. The summed E-state index contributed by atoms with van der Waals surface area (Å²) in [5.74, 6) is 0.726. The van der Waals surface area contributed by atoms with Crippen molar-refractivity contribution >= 4 is 17.2 Å². The summed E-state index contributed by atoms with van der Waals surface area (Å²) in [5, 5.41) is 13.3. The van der Waals surface area contributed by atoms with Crippen molar-refractivity contribution in [2.45, 2.75) is 26.9 Å². The number of rotatable bonds is 7. The Kier molecular flexibility index (Phi) is 7.11. The molecule has 2 heterocycles. The standard InChI is InChI=1S/C26H32N4O3/c1-18(2)15-19-5-4-6-22(23(19)17-31)24-16-29(3)26(32)25(28-24)27-20-7-9-21(10-8-20)30-11-13-33-14-12-30/h4-10,16,18,31H,11-15,17H2,1-3H3,(H,27,28). The molecule has 0 aliphatic carbocycles. The Morgan fingerprint density at radius 3 is 2.52 bits per heavy atom. The van der Waals surface area contributed by atoms with Crippen molar-refractivity contribution in [3.05, 3.63) is 70.1 Å². The number of anilines is 3. The Morgan fingerprint density at radius 1 is 1.12 bits per heavy atom. The summed E-state index contributed by atoms with van der Waals surface area (Å²) < 4.78 is 6.95. The second-order valence-electron chi connectivity index (χ2n) is 8.86. The highest BCUT2D eigenvalue weighted by Crippen LogP contribution is 2.28. The monoisotopic (exact) mass is 448 g/mol. The average molecular weight is 449 g/mol. The van der Waals surface area contributed by atoms with Crippen molar-refractivity contribution in [3.63, 3.8) is 0 Å². The van der Waals surface area contributed by atoms with Gasteiger partial charge < -0.3 is 24.6 Å². The fourth-order valence-corrected chi connectivity index (χ4v) is 4.22. The van der Waals surface area contributed by atoms with E-state index in [-0.39, 0.29) is 18.0 Å². The minimum Gasteiger partial charge on any atom is -0.392 e. The maximum absolute atomic E-state index is 12.8. The summed E-state index contributed by atoms with van der Waals surface area (Å²) in [5.41, 5.74) is 5.18. The van der Waals surface area contributed by atoms with Crippen LogP contribution in [0.25, 0.3) is 11.3 Å². The second-order valence-corrected chi connectivity index (χ2v) is 8.86. The number of nitrogens with zero attached hydrogens (tertiary/aromatic N) is 3. The van der Waals surface area contributed by atoms with Gasteiger partial charge in [-0.15, -0.1) is 0 Å². The minimum atomic E-state index is -0.208. The van der Waals surface area contributed by atoms with Gasteiger partial charge in [-0.1, -0.05) is 32.0 Å². The van der Waals surface area contributed by atoms with Crippen molar-refractivity contribution in [1.82, 2.24) is 9.55 Å². The highest BCUT2D eigenvalue weighted by molar-refractivity contribution is 5.68. The third-order valence-corrected chi connectivity index (χ3v) is 5.91. The molecule has 1 aliphatic rings. The molecular formula is C26H32N4O3. The van der Waals surface area contributed by atoms with E-state index in [1.54, 1.807) is 13.2 Å². The Balaban J connectivity index is 1.64. The normalized spacial score (nSPS) is 14.0. The number of aliphatic hydroxyl groups is 1. The Bertz CT molecular complexity index is 1150. The van der Waals surface area contributed by atoms with E-state index in [1.807, 2.05) is 42.5 Å². The Hall–Kier alpha value is -3.16. The molecule has 1 saturated heterocycles. The first-order valence-corrected chi connectivity index (χ1v) is 11.5. The summed E-state index contributed by atoms with van der Waals surface area (Å²) in [6.45, 7) is 7.46. The van der Waals surface area contributed by atoms with Gasteiger partial charge in [0.15, 0.2) is 5.82 Å². The molecule has 3 aromatic rings. The molecule has 0 bridgehead atoms. The molecule has 0 atom stereocenters. The number of aromatic nitrogens is 2. The SMILES string of the molecule is CC(C)Cc1cccc(-c2cn(C)c(=O)c(Nc3ccc(N4CCOCC4)cc3)n2)c1CO. The quantitative estimate of drug-likeness (QED) is 0.574. The number of nitrogens with one attached hydrogen (secondary N) is 1. The van der Waals surface area contributed by atoms with Gasteiger partial charge in [-0.3, -0.25) is 4.79 Å². The highest BCUT2D eigenvalue weighted by Gasteiger charge is 2.15. The van der Waals surface area contributed by atoms with Crippen LogP contribution in [0, 0.1) is 5.92 Å². The van der Waals surface area contributed by atoms with Crippen LogP contribution in [0.1, 0.15) is 25.0 Å². The van der Waals surface area contributed by atoms with E-state index in [1.165, 1.54) is 4.57 Å². The molecular weight excluding hydrogens is 416 g/mol. The first-order chi connectivity index (χ1) is 16.0. The van der Waals surface area contributed by atoms with Gasteiger partial charge in [0, 0.05) is 43.3 Å². The molecule has 7 nitrogen and oxygen atoms in total. The third kappa shape index (κ3) is 5.26. The van der Waals surface area contributed by atoms with Crippen LogP contribution >= 0.6 is 0 Å². The van der Waals surface area contributed by atoms with Crippen molar-refractivity contribution in [1.29, 1.82) is 0 Å². The molecule has 2 N–H and O–H groups in total. The largest absolute Gasteiger partial charge is 0.392 e. The zero-order chi connectivity index (χ0) is 23.4. The minimum absolute atomic E-state index is 0.0749. The van der Waals surface area contributed by atoms with Gasteiger partial charge in [-0.05, 0) is 47.7 Å². The first-order valence-electron chi connectivity index (χ1n) is 11.5. The van der Waals surface area contributed by atoms with Crippen LogP contribution in [0.15, 0.2) is 53.5 Å². The molecule has 174 valence electrons. The van der Waals surface area contributed by atoms with Gasteiger partial charge in [-0.2, -0.15) is 0 Å². The molecule has 0 radical (unpaired) electrons. The first kappa shape index (κ1) is 23.0. The summed E-state index contributed by atoms with van der Waals surface area (Å²) in [6, 6.07) is 14.0. The summed E-state index contributed by atoms with van der Waals surface area (Å²) in [7, 11) is 1.72. The van der Waals surface area contributed by atoms with Crippen LogP contribution in [0.3, 0.4) is 0 Å². The van der Waals surface area contributed by atoms with E-state index in [9.17, 15) is 9.90 Å². The predicted molar refractivity (Wildman–Crippen MR) is 132 cm³/mol. The molecule has 0 saturated carbocycles. The van der Waals surface area contributed by atoms with Gasteiger partial charge in [0.05, 0.1) is 25.5 Å². The molecule has 0 amide bonds. The van der Waals surface area contributed by atoms with Crippen molar-refractivity contribution < 1.29 is 9.84 Å². The van der Waals surface area contributed by atoms with E-state index < -0.39 is 0 Å². The van der Waals surface area contributed by atoms with Crippen LogP contribution in [0.4, 0.5) is 17.2 Å². The molecule has 1 aliphatic heterocycles. The number of aliphatic hydroxyl groups excluding tert-OH is 1. The van der Waals surface area contributed by atoms with Crippen LogP contribution in [-0.4, -0.2) is 41.0 Å². The van der Waals surface area contributed by atoms with Crippen molar-refractivity contribution in [2.75, 3.05) is 36.5 Å². The van der Waals surface area contributed by atoms with E-state index in [2.05, 4.69) is 29.0 Å². The van der Waals surface area contributed by atoms with Crippen LogP contribution in [-0.2, 0) is 24.8 Å². The van der Waals surface area contributed by atoms with E-state index in [0.29, 0.717) is 11.6 Å². The fourth-order valence-electron chi connectivity index (χ4n) is 4.22. The maximum atomic E-state index is 12.8. The second kappa shape index (κ2) is 10.2. The lowest BCUT2D eigenvalue weighted by Crippen LogP contribution is -2.36. The third-order valence-electron chi connectivity index (χ3n) is 5.91. The summed E-state index contributed by atoms with van der Waals surface area (Å²) in [6.07, 6.45) is 2.60. The molecule has 0 unspecified atom stereocenters.